The number of para-hydroxylation sites is 1. The molecular weight excluding hydrogens is 384 g/mol. The number of aryl methyl sites for hydroxylation is 1. The van der Waals surface area contributed by atoms with Crippen molar-refractivity contribution in [1.82, 2.24) is 10.2 Å². The Labute approximate surface area is 175 Å². The minimum Gasteiger partial charge on any atom is -0.496 e. The molecule has 1 amide bonds. The van der Waals surface area contributed by atoms with Gasteiger partial charge in [-0.05, 0) is 44.8 Å². The summed E-state index contributed by atoms with van der Waals surface area (Å²) in [5.74, 6) is 0.984. The van der Waals surface area contributed by atoms with Crippen molar-refractivity contribution < 1.29 is 18.7 Å². The van der Waals surface area contributed by atoms with Gasteiger partial charge in [0.15, 0.2) is 6.61 Å². The van der Waals surface area contributed by atoms with Crippen LogP contribution in [0.4, 0.5) is 0 Å². The third kappa shape index (κ3) is 4.99. The first-order valence-corrected chi connectivity index (χ1v) is 9.62. The number of benzene rings is 2. The van der Waals surface area contributed by atoms with Crippen LogP contribution in [0.15, 0.2) is 57.7 Å². The number of carbonyl (C=O) groups excluding carboxylic acids is 1. The Hall–Kier alpha value is -3.32. The molecule has 0 saturated heterocycles. The van der Waals surface area contributed by atoms with Gasteiger partial charge in [-0.25, -0.2) is 4.79 Å². The molecule has 7 heteroatoms. The molecule has 1 aromatic heterocycles. The van der Waals surface area contributed by atoms with E-state index in [-0.39, 0.29) is 18.6 Å². The topological polar surface area (TPSA) is 81.0 Å². The second-order valence-corrected chi connectivity index (χ2v) is 7.22. The van der Waals surface area contributed by atoms with Crippen LogP contribution in [0, 0.1) is 6.92 Å². The first-order valence-electron chi connectivity index (χ1n) is 9.62. The average Bonchev–Trinajstić information content (AvgIpc) is 2.72. The zero-order valence-electron chi connectivity index (χ0n) is 17.6. The van der Waals surface area contributed by atoms with Gasteiger partial charge in [0.1, 0.15) is 17.1 Å². The molecule has 1 atom stereocenters. The van der Waals surface area contributed by atoms with Crippen LogP contribution in [-0.2, 0) is 4.79 Å². The lowest BCUT2D eigenvalue weighted by molar-refractivity contribution is -0.123. The van der Waals surface area contributed by atoms with Gasteiger partial charge in [-0.2, -0.15) is 0 Å². The first kappa shape index (κ1) is 21.4. The lowest BCUT2D eigenvalue weighted by atomic mass is 10.0. The van der Waals surface area contributed by atoms with Crippen molar-refractivity contribution in [2.45, 2.75) is 13.0 Å². The summed E-state index contributed by atoms with van der Waals surface area (Å²) in [5.41, 5.74) is 1.84. The van der Waals surface area contributed by atoms with Crippen molar-refractivity contribution in [1.29, 1.82) is 0 Å². The Morgan fingerprint density at radius 1 is 1.17 bits per heavy atom. The summed E-state index contributed by atoms with van der Waals surface area (Å²) in [5, 5.41) is 3.74. The van der Waals surface area contributed by atoms with Gasteiger partial charge in [0.25, 0.3) is 5.91 Å². The van der Waals surface area contributed by atoms with Crippen LogP contribution >= 0.6 is 0 Å². The van der Waals surface area contributed by atoms with Gasteiger partial charge >= 0.3 is 5.63 Å². The molecule has 3 aromatic rings. The third-order valence-corrected chi connectivity index (χ3v) is 4.91. The summed E-state index contributed by atoms with van der Waals surface area (Å²) in [6.07, 6.45) is 0. The molecule has 0 fully saturated rings. The van der Waals surface area contributed by atoms with E-state index in [1.807, 2.05) is 56.3 Å². The van der Waals surface area contributed by atoms with Crippen LogP contribution < -0.4 is 20.4 Å². The number of ether oxygens (including phenoxy) is 2. The van der Waals surface area contributed by atoms with Crippen LogP contribution in [0.1, 0.15) is 17.2 Å². The van der Waals surface area contributed by atoms with E-state index in [1.165, 1.54) is 6.07 Å². The molecule has 0 unspecified atom stereocenters. The summed E-state index contributed by atoms with van der Waals surface area (Å²) < 4.78 is 16.2. The summed E-state index contributed by atoms with van der Waals surface area (Å²) in [7, 11) is 5.53. The van der Waals surface area contributed by atoms with Crippen molar-refractivity contribution in [3.63, 3.8) is 0 Å². The van der Waals surface area contributed by atoms with Crippen molar-refractivity contribution in [2.75, 3.05) is 34.4 Å². The number of carbonyl (C=O) groups is 1. The summed E-state index contributed by atoms with van der Waals surface area (Å²) in [6.45, 7) is 2.10. The van der Waals surface area contributed by atoms with E-state index in [0.717, 1.165) is 22.3 Å². The Morgan fingerprint density at radius 2 is 1.93 bits per heavy atom. The monoisotopic (exact) mass is 410 g/mol. The van der Waals surface area contributed by atoms with E-state index in [4.69, 9.17) is 13.9 Å². The van der Waals surface area contributed by atoms with E-state index >= 15 is 0 Å². The molecule has 30 heavy (non-hydrogen) atoms. The van der Waals surface area contributed by atoms with Gasteiger partial charge in [-0.1, -0.05) is 18.2 Å². The maximum atomic E-state index is 12.3. The molecular formula is C23H26N2O5. The van der Waals surface area contributed by atoms with Crippen molar-refractivity contribution in [3.05, 3.63) is 70.1 Å². The van der Waals surface area contributed by atoms with E-state index in [1.54, 1.807) is 19.2 Å². The smallest absolute Gasteiger partial charge is 0.336 e. The number of hydrogen-bond donors (Lipinski definition) is 1. The molecule has 0 aliphatic heterocycles. The summed E-state index contributed by atoms with van der Waals surface area (Å²) in [6, 6.07) is 14.3. The minimum absolute atomic E-state index is 0.0528. The lowest BCUT2D eigenvalue weighted by Gasteiger charge is -2.26. The van der Waals surface area contributed by atoms with Crippen molar-refractivity contribution in [2.24, 2.45) is 0 Å². The van der Waals surface area contributed by atoms with Gasteiger partial charge in [0.05, 0.1) is 13.2 Å². The molecule has 1 N–H and O–H groups in total. The standard InChI is InChI=1S/C23H26N2O5/c1-15-11-23(27)30-21-12-16(9-10-17(15)21)29-14-22(26)24-13-19(25(2)3)18-7-5-6-8-20(18)28-4/h5-12,19H,13-14H2,1-4H3,(H,24,26)/t19-/m0/s1. The molecule has 158 valence electrons. The van der Waals surface area contributed by atoms with Crippen LogP contribution in [-0.4, -0.2) is 45.2 Å². The van der Waals surface area contributed by atoms with Gasteiger partial charge in [0, 0.05) is 29.6 Å². The molecule has 0 aliphatic rings. The first-order chi connectivity index (χ1) is 14.4. The van der Waals surface area contributed by atoms with Gasteiger partial charge in [0.2, 0.25) is 0 Å². The molecule has 3 rings (SSSR count). The fourth-order valence-electron chi connectivity index (χ4n) is 3.32. The zero-order valence-corrected chi connectivity index (χ0v) is 17.6. The fourth-order valence-corrected chi connectivity index (χ4v) is 3.32. The molecule has 0 saturated carbocycles. The number of nitrogens with zero attached hydrogens (tertiary/aromatic N) is 1. The summed E-state index contributed by atoms with van der Waals surface area (Å²) >= 11 is 0. The number of rotatable bonds is 8. The molecule has 7 nitrogen and oxygen atoms in total. The average molecular weight is 410 g/mol. The van der Waals surface area contributed by atoms with Crippen LogP contribution in [0.5, 0.6) is 11.5 Å². The molecule has 1 heterocycles. The van der Waals surface area contributed by atoms with E-state index in [9.17, 15) is 9.59 Å². The summed E-state index contributed by atoms with van der Waals surface area (Å²) in [4.78, 5) is 25.9. The Kier molecular flexibility index (Phi) is 6.74. The number of amides is 1. The number of methoxy groups -OCH3 is 1. The van der Waals surface area contributed by atoms with Gasteiger partial charge in [-0.3, -0.25) is 4.79 Å². The van der Waals surface area contributed by atoms with Crippen molar-refractivity contribution >= 4 is 16.9 Å². The van der Waals surface area contributed by atoms with Crippen LogP contribution in [0.25, 0.3) is 11.0 Å². The van der Waals surface area contributed by atoms with Gasteiger partial charge < -0.3 is 24.1 Å². The Bertz CT molecular complexity index is 1090. The van der Waals surface area contributed by atoms with E-state index < -0.39 is 5.63 Å². The van der Waals surface area contributed by atoms with Crippen LogP contribution in [0.3, 0.4) is 0 Å². The highest BCUT2D eigenvalue weighted by molar-refractivity contribution is 5.81. The fraction of sp³-hybridized carbons (Fsp3) is 0.304. The zero-order chi connectivity index (χ0) is 21.7. The highest BCUT2D eigenvalue weighted by atomic mass is 16.5. The number of likely N-dealkylation sites (N-methyl/N-ethyl adjacent to an activating group) is 1. The maximum absolute atomic E-state index is 12.3. The van der Waals surface area contributed by atoms with E-state index in [2.05, 4.69) is 5.32 Å². The quantitative estimate of drug-likeness (QED) is 0.575. The predicted molar refractivity (Wildman–Crippen MR) is 115 cm³/mol. The Morgan fingerprint density at radius 3 is 2.67 bits per heavy atom. The third-order valence-electron chi connectivity index (χ3n) is 4.91. The molecule has 0 radical (unpaired) electrons. The Balaban J connectivity index is 1.62. The minimum atomic E-state index is -0.416. The number of hydrogen-bond acceptors (Lipinski definition) is 6. The molecule has 0 bridgehead atoms. The molecule has 0 aliphatic carbocycles. The number of nitrogens with one attached hydrogen (secondary N) is 1. The SMILES string of the molecule is COc1ccccc1[C@H](CNC(=O)COc1ccc2c(C)cc(=O)oc2c1)N(C)C. The molecule has 0 spiro atoms. The molecule has 2 aromatic carbocycles. The van der Waals surface area contributed by atoms with Crippen LogP contribution in [0.2, 0.25) is 0 Å². The number of fused-ring (bicyclic) bond motifs is 1. The normalized spacial score (nSPS) is 12.0. The predicted octanol–water partition coefficient (Wildman–Crippen LogP) is 2.91. The second kappa shape index (κ2) is 9.45. The van der Waals surface area contributed by atoms with Crippen molar-refractivity contribution in [3.8, 4) is 11.5 Å². The van der Waals surface area contributed by atoms with E-state index in [0.29, 0.717) is 17.9 Å². The largest absolute Gasteiger partial charge is 0.496 e. The maximum Gasteiger partial charge on any atom is 0.336 e. The lowest BCUT2D eigenvalue weighted by Crippen LogP contribution is -2.37. The highest BCUT2D eigenvalue weighted by Crippen LogP contribution is 2.27. The second-order valence-electron chi connectivity index (χ2n) is 7.22. The van der Waals surface area contributed by atoms with Gasteiger partial charge in [-0.15, -0.1) is 0 Å². The highest BCUT2D eigenvalue weighted by Gasteiger charge is 2.19.